The number of hydrogen-bond acceptors (Lipinski definition) is 5. The van der Waals surface area contributed by atoms with Crippen LogP contribution in [0.4, 0.5) is 5.69 Å². The van der Waals surface area contributed by atoms with Crippen molar-refractivity contribution in [3.63, 3.8) is 0 Å². The van der Waals surface area contributed by atoms with Crippen molar-refractivity contribution >= 4 is 11.6 Å². The van der Waals surface area contributed by atoms with Gasteiger partial charge < -0.3 is 25.0 Å². The van der Waals surface area contributed by atoms with Gasteiger partial charge in [-0.2, -0.15) is 5.10 Å². The minimum Gasteiger partial charge on any atom is -0.497 e. The lowest BCUT2D eigenvalue weighted by Gasteiger charge is -2.35. The second kappa shape index (κ2) is 11.5. The van der Waals surface area contributed by atoms with E-state index in [0.29, 0.717) is 12.0 Å². The minimum atomic E-state index is 0.406. The molecule has 1 fully saturated rings. The summed E-state index contributed by atoms with van der Waals surface area (Å²) in [6.07, 6.45) is 5.91. The van der Waals surface area contributed by atoms with E-state index >= 15 is 0 Å². The fourth-order valence-corrected chi connectivity index (χ4v) is 3.80. The topological polar surface area (TPSA) is 75.9 Å². The van der Waals surface area contributed by atoms with Crippen LogP contribution in [0.3, 0.4) is 0 Å². The van der Waals surface area contributed by atoms with Crippen LogP contribution in [0.1, 0.15) is 26.7 Å². The maximum absolute atomic E-state index is 5.42. The van der Waals surface area contributed by atoms with Crippen LogP contribution in [0.25, 0.3) is 0 Å². The van der Waals surface area contributed by atoms with E-state index in [0.717, 1.165) is 68.7 Å². The molecular weight excluding hydrogens is 392 g/mol. The Hall–Kier alpha value is -2.90. The predicted molar refractivity (Wildman–Crippen MR) is 125 cm³/mol. The van der Waals surface area contributed by atoms with Crippen molar-refractivity contribution in [1.29, 1.82) is 0 Å². The highest BCUT2D eigenvalue weighted by atomic mass is 16.5. The van der Waals surface area contributed by atoms with Crippen LogP contribution in [0.5, 0.6) is 11.5 Å². The molecule has 0 spiro atoms. The third-order valence-electron chi connectivity index (χ3n) is 5.50. The molecule has 0 bridgehead atoms. The number of aliphatic imine (C=N–C) groups is 1. The Morgan fingerprint density at radius 1 is 1.19 bits per heavy atom. The average Bonchev–Trinajstić information content (AvgIpc) is 3.30. The number of benzene rings is 1. The zero-order chi connectivity index (χ0) is 22.1. The van der Waals surface area contributed by atoms with Crippen LogP contribution in [0.2, 0.25) is 0 Å². The molecule has 2 heterocycles. The first-order valence-electron chi connectivity index (χ1n) is 11.1. The summed E-state index contributed by atoms with van der Waals surface area (Å²) in [7, 11) is 3.37. The number of nitrogens with zero attached hydrogens (tertiary/aromatic N) is 4. The van der Waals surface area contributed by atoms with Crippen molar-refractivity contribution in [1.82, 2.24) is 20.4 Å². The predicted octanol–water partition coefficient (Wildman–Crippen LogP) is 2.76. The number of hydrogen-bond donors (Lipinski definition) is 2. The normalized spacial score (nSPS) is 16.1. The molecule has 3 rings (SSSR count). The van der Waals surface area contributed by atoms with Gasteiger partial charge >= 0.3 is 0 Å². The zero-order valence-electron chi connectivity index (χ0n) is 19.2. The molecule has 1 saturated heterocycles. The number of guanidine groups is 1. The maximum atomic E-state index is 5.42. The molecule has 170 valence electrons. The molecule has 1 aliphatic rings. The van der Waals surface area contributed by atoms with Crippen LogP contribution >= 0.6 is 0 Å². The molecule has 8 heteroatoms. The largest absolute Gasteiger partial charge is 0.497 e. The third-order valence-corrected chi connectivity index (χ3v) is 5.50. The first-order chi connectivity index (χ1) is 15.1. The SMILES string of the molecule is CCNC(=NCC(C)Cn1cccn1)NC1CCN(c2cc(OC)cc(OC)c2)CC1. The van der Waals surface area contributed by atoms with Gasteiger partial charge in [0.05, 0.1) is 14.2 Å². The van der Waals surface area contributed by atoms with Gasteiger partial charge in [0.1, 0.15) is 11.5 Å². The molecule has 1 atom stereocenters. The zero-order valence-corrected chi connectivity index (χ0v) is 19.2. The molecule has 2 aromatic rings. The van der Waals surface area contributed by atoms with Gasteiger partial charge in [-0.05, 0) is 31.7 Å². The lowest BCUT2D eigenvalue weighted by atomic mass is 10.0. The summed E-state index contributed by atoms with van der Waals surface area (Å²) in [5.74, 6) is 2.96. The van der Waals surface area contributed by atoms with Crippen LogP contribution in [0.15, 0.2) is 41.7 Å². The Balaban J connectivity index is 1.53. The summed E-state index contributed by atoms with van der Waals surface area (Å²) in [5, 5.41) is 11.3. The third kappa shape index (κ3) is 6.80. The molecule has 1 unspecified atom stereocenters. The van der Waals surface area contributed by atoms with Crippen molar-refractivity contribution in [3.8, 4) is 11.5 Å². The second-order valence-electron chi connectivity index (χ2n) is 8.03. The molecule has 1 aromatic heterocycles. The van der Waals surface area contributed by atoms with E-state index < -0.39 is 0 Å². The molecule has 0 saturated carbocycles. The van der Waals surface area contributed by atoms with Gasteiger partial charge in [0.2, 0.25) is 0 Å². The van der Waals surface area contributed by atoms with Crippen molar-refractivity contribution < 1.29 is 9.47 Å². The number of anilines is 1. The van der Waals surface area contributed by atoms with Gasteiger partial charge in [-0.25, -0.2) is 0 Å². The molecule has 1 aromatic carbocycles. The standard InChI is InChI=1S/C23H36N6O2/c1-5-24-23(25-16-18(2)17-29-10-6-9-26-29)27-19-7-11-28(12-8-19)20-13-21(30-3)15-22(14-20)31-4/h6,9-10,13-15,18-19H,5,7-8,11-12,16-17H2,1-4H3,(H2,24,25,27). The van der Waals surface area contributed by atoms with Gasteiger partial charge in [0, 0.05) is 75.0 Å². The van der Waals surface area contributed by atoms with Crippen LogP contribution in [-0.4, -0.2) is 62.2 Å². The number of ether oxygens (including phenoxy) is 2. The van der Waals surface area contributed by atoms with E-state index in [2.05, 4.69) is 46.6 Å². The molecule has 0 amide bonds. The van der Waals surface area contributed by atoms with E-state index in [1.807, 2.05) is 29.2 Å². The highest BCUT2D eigenvalue weighted by Crippen LogP contribution is 2.30. The summed E-state index contributed by atoms with van der Waals surface area (Å²) < 4.78 is 12.8. The Morgan fingerprint density at radius 3 is 2.48 bits per heavy atom. The molecule has 31 heavy (non-hydrogen) atoms. The van der Waals surface area contributed by atoms with Crippen LogP contribution < -0.4 is 25.0 Å². The number of piperidine rings is 1. The van der Waals surface area contributed by atoms with E-state index in [4.69, 9.17) is 14.5 Å². The highest BCUT2D eigenvalue weighted by molar-refractivity contribution is 5.80. The van der Waals surface area contributed by atoms with Gasteiger partial charge in [0.15, 0.2) is 5.96 Å². The fraction of sp³-hybridized carbons (Fsp3) is 0.565. The summed E-state index contributed by atoms with van der Waals surface area (Å²) in [6, 6.07) is 8.41. The Kier molecular flexibility index (Phi) is 8.44. The molecule has 8 nitrogen and oxygen atoms in total. The molecule has 1 aliphatic heterocycles. The van der Waals surface area contributed by atoms with Crippen LogP contribution in [-0.2, 0) is 6.54 Å². The quantitative estimate of drug-likeness (QED) is 0.473. The lowest BCUT2D eigenvalue weighted by molar-refractivity contribution is 0.393. The maximum Gasteiger partial charge on any atom is 0.191 e. The molecular formula is C23H36N6O2. The van der Waals surface area contributed by atoms with Gasteiger partial charge in [-0.1, -0.05) is 6.92 Å². The van der Waals surface area contributed by atoms with Gasteiger partial charge in [-0.3, -0.25) is 9.67 Å². The van der Waals surface area contributed by atoms with E-state index in [1.54, 1.807) is 14.2 Å². The van der Waals surface area contributed by atoms with Gasteiger partial charge in [-0.15, -0.1) is 0 Å². The van der Waals surface area contributed by atoms with Crippen molar-refractivity contribution in [2.75, 3.05) is 45.3 Å². The monoisotopic (exact) mass is 428 g/mol. The fourth-order valence-electron chi connectivity index (χ4n) is 3.80. The first kappa shape index (κ1) is 22.8. The summed E-state index contributed by atoms with van der Waals surface area (Å²) in [6.45, 7) is 8.74. The number of aromatic nitrogens is 2. The smallest absolute Gasteiger partial charge is 0.191 e. The Bertz CT molecular complexity index is 793. The van der Waals surface area contributed by atoms with Crippen molar-refractivity contribution in [2.24, 2.45) is 10.9 Å². The van der Waals surface area contributed by atoms with Crippen molar-refractivity contribution in [2.45, 2.75) is 39.3 Å². The average molecular weight is 429 g/mol. The second-order valence-corrected chi connectivity index (χ2v) is 8.03. The van der Waals surface area contributed by atoms with E-state index in [-0.39, 0.29) is 0 Å². The van der Waals surface area contributed by atoms with Crippen molar-refractivity contribution in [3.05, 3.63) is 36.7 Å². The summed E-state index contributed by atoms with van der Waals surface area (Å²) >= 11 is 0. The van der Waals surface area contributed by atoms with Gasteiger partial charge in [0.25, 0.3) is 0 Å². The summed E-state index contributed by atoms with van der Waals surface area (Å²) in [5.41, 5.74) is 1.14. The Labute approximate surface area is 185 Å². The summed E-state index contributed by atoms with van der Waals surface area (Å²) in [4.78, 5) is 7.21. The molecule has 0 radical (unpaired) electrons. The Morgan fingerprint density at radius 2 is 1.90 bits per heavy atom. The highest BCUT2D eigenvalue weighted by Gasteiger charge is 2.21. The number of rotatable bonds is 9. The van der Waals surface area contributed by atoms with E-state index in [1.165, 1.54) is 0 Å². The van der Waals surface area contributed by atoms with E-state index in [9.17, 15) is 0 Å². The van der Waals surface area contributed by atoms with Crippen LogP contribution in [0, 0.1) is 5.92 Å². The number of nitrogens with one attached hydrogen (secondary N) is 2. The number of methoxy groups -OCH3 is 2. The molecule has 0 aliphatic carbocycles. The minimum absolute atomic E-state index is 0.406. The first-order valence-corrected chi connectivity index (χ1v) is 11.1. The lowest BCUT2D eigenvalue weighted by Crippen LogP contribution is -2.49. The molecule has 2 N–H and O–H groups in total.